The van der Waals surface area contributed by atoms with E-state index in [1.165, 1.54) is 6.07 Å². The van der Waals surface area contributed by atoms with Crippen LogP contribution in [-0.2, 0) is 11.2 Å². The van der Waals surface area contributed by atoms with Crippen molar-refractivity contribution in [2.45, 2.75) is 30.8 Å². The van der Waals surface area contributed by atoms with Gasteiger partial charge in [-0.05, 0) is 11.6 Å². The predicted molar refractivity (Wildman–Crippen MR) is 77.9 cm³/mol. The summed E-state index contributed by atoms with van der Waals surface area (Å²) in [5.41, 5.74) is 5.14. The van der Waals surface area contributed by atoms with E-state index < -0.39 is 30.0 Å². The van der Waals surface area contributed by atoms with Gasteiger partial charge in [-0.2, -0.15) is 13.8 Å². The van der Waals surface area contributed by atoms with Crippen molar-refractivity contribution in [3.05, 3.63) is 58.6 Å². The lowest BCUT2D eigenvalue weighted by Gasteiger charge is -2.20. The third kappa shape index (κ3) is 2.82. The zero-order chi connectivity index (χ0) is 16.6. The molecule has 23 heavy (non-hydrogen) atoms. The number of halogens is 2. The summed E-state index contributed by atoms with van der Waals surface area (Å²) in [5.74, 6) is -3.70. The van der Waals surface area contributed by atoms with Gasteiger partial charge in [0.2, 0.25) is 6.23 Å². The summed E-state index contributed by atoms with van der Waals surface area (Å²) in [6.45, 7) is 0. The van der Waals surface area contributed by atoms with Gasteiger partial charge in [0.05, 0.1) is 6.10 Å². The van der Waals surface area contributed by atoms with Crippen LogP contribution in [0.5, 0.6) is 0 Å². The van der Waals surface area contributed by atoms with E-state index in [0.29, 0.717) is 4.57 Å². The molecule has 0 unspecified atom stereocenters. The number of rotatable bonds is 3. The standard InChI is InChI=1S/C15H15F2N3O3/c16-15(17)12(21)10(8-9-4-2-1-3-5-9)23-13(15)20-7-6-11(18)19-14(20)22/h1-7,10,12-13,21H,8H2,(H2,18,19,22)/t10-,12-,13-/m1/s1. The molecule has 0 bridgehead atoms. The number of ether oxygens (including phenoxy) is 1. The van der Waals surface area contributed by atoms with Crippen molar-refractivity contribution in [2.24, 2.45) is 0 Å². The van der Waals surface area contributed by atoms with Gasteiger partial charge in [0.1, 0.15) is 11.9 Å². The molecule has 8 heteroatoms. The summed E-state index contributed by atoms with van der Waals surface area (Å²) in [6, 6.07) is 10.0. The first-order chi connectivity index (χ1) is 10.9. The highest BCUT2D eigenvalue weighted by Crippen LogP contribution is 2.43. The smallest absolute Gasteiger partial charge is 0.351 e. The van der Waals surface area contributed by atoms with Crippen LogP contribution in [0.4, 0.5) is 14.6 Å². The summed E-state index contributed by atoms with van der Waals surface area (Å²) in [6.07, 6.45) is -3.91. The molecular formula is C15H15F2N3O3. The summed E-state index contributed by atoms with van der Waals surface area (Å²) in [5, 5.41) is 9.92. The number of hydrogen-bond donors (Lipinski definition) is 2. The Balaban J connectivity index is 1.89. The molecule has 2 heterocycles. The number of alkyl halides is 2. The predicted octanol–water partition coefficient (Wildman–Crippen LogP) is 0.962. The van der Waals surface area contributed by atoms with Gasteiger partial charge in [-0.3, -0.25) is 4.57 Å². The third-order valence-corrected chi connectivity index (χ3v) is 3.76. The number of anilines is 1. The van der Waals surface area contributed by atoms with Crippen molar-refractivity contribution in [2.75, 3.05) is 5.73 Å². The molecule has 1 aromatic carbocycles. The molecule has 3 atom stereocenters. The van der Waals surface area contributed by atoms with Gasteiger partial charge in [-0.1, -0.05) is 30.3 Å². The zero-order valence-electron chi connectivity index (χ0n) is 12.0. The van der Waals surface area contributed by atoms with Crippen LogP contribution in [0, 0.1) is 0 Å². The molecule has 1 aliphatic heterocycles. The molecule has 1 aliphatic rings. The van der Waals surface area contributed by atoms with Crippen LogP contribution in [0.15, 0.2) is 47.4 Å². The number of nitrogens with zero attached hydrogens (tertiary/aromatic N) is 2. The molecular weight excluding hydrogens is 308 g/mol. The van der Waals surface area contributed by atoms with Crippen molar-refractivity contribution in [1.82, 2.24) is 9.55 Å². The quantitative estimate of drug-likeness (QED) is 0.878. The summed E-state index contributed by atoms with van der Waals surface area (Å²) in [4.78, 5) is 15.2. The third-order valence-electron chi connectivity index (χ3n) is 3.76. The van der Waals surface area contributed by atoms with Crippen molar-refractivity contribution in [1.29, 1.82) is 0 Å². The summed E-state index contributed by atoms with van der Waals surface area (Å²) < 4.78 is 34.6. The average Bonchev–Trinajstić information content (AvgIpc) is 2.72. The Kier molecular flexibility index (Phi) is 3.87. The number of aliphatic hydroxyl groups is 1. The number of aliphatic hydroxyl groups excluding tert-OH is 1. The first kappa shape index (κ1) is 15.6. The van der Waals surface area contributed by atoms with E-state index in [9.17, 15) is 18.7 Å². The number of aromatic nitrogens is 2. The lowest BCUT2D eigenvalue weighted by Crippen LogP contribution is -2.41. The topological polar surface area (TPSA) is 90.4 Å². The van der Waals surface area contributed by atoms with Gasteiger partial charge in [0, 0.05) is 12.6 Å². The van der Waals surface area contributed by atoms with E-state index in [1.807, 2.05) is 0 Å². The maximum absolute atomic E-state index is 14.3. The fraction of sp³-hybridized carbons (Fsp3) is 0.333. The van der Waals surface area contributed by atoms with Gasteiger partial charge in [0.25, 0.3) is 0 Å². The number of benzene rings is 1. The minimum absolute atomic E-state index is 0.0750. The number of nitrogens with two attached hydrogens (primary N) is 1. The normalized spacial score (nSPS) is 26.3. The Hall–Kier alpha value is -2.32. The van der Waals surface area contributed by atoms with Crippen LogP contribution >= 0.6 is 0 Å². The highest BCUT2D eigenvalue weighted by molar-refractivity contribution is 5.24. The Morgan fingerprint density at radius 1 is 1.30 bits per heavy atom. The van der Waals surface area contributed by atoms with Crippen molar-refractivity contribution < 1.29 is 18.6 Å². The lowest BCUT2D eigenvalue weighted by atomic mass is 10.0. The van der Waals surface area contributed by atoms with Gasteiger partial charge < -0.3 is 15.6 Å². The second kappa shape index (κ2) is 5.71. The van der Waals surface area contributed by atoms with Crippen LogP contribution in [0.2, 0.25) is 0 Å². The van der Waals surface area contributed by atoms with Crippen LogP contribution in [-0.4, -0.2) is 32.8 Å². The molecule has 0 aliphatic carbocycles. The zero-order valence-corrected chi connectivity index (χ0v) is 12.0. The Labute approximate surface area is 130 Å². The second-order valence-corrected chi connectivity index (χ2v) is 5.38. The highest BCUT2D eigenvalue weighted by atomic mass is 19.3. The van der Waals surface area contributed by atoms with E-state index in [4.69, 9.17) is 10.5 Å². The first-order valence-electron chi connectivity index (χ1n) is 6.99. The molecule has 3 N–H and O–H groups in total. The molecule has 0 spiro atoms. The highest BCUT2D eigenvalue weighted by Gasteiger charge is 2.59. The number of hydrogen-bond acceptors (Lipinski definition) is 5. The summed E-state index contributed by atoms with van der Waals surface area (Å²) in [7, 11) is 0. The van der Waals surface area contributed by atoms with Crippen molar-refractivity contribution in [3.8, 4) is 0 Å². The van der Waals surface area contributed by atoms with Gasteiger partial charge >= 0.3 is 11.6 Å². The van der Waals surface area contributed by atoms with Crippen molar-refractivity contribution >= 4 is 5.82 Å². The first-order valence-corrected chi connectivity index (χ1v) is 6.99. The maximum atomic E-state index is 14.3. The molecule has 122 valence electrons. The van der Waals surface area contributed by atoms with Crippen molar-refractivity contribution in [3.63, 3.8) is 0 Å². The minimum atomic E-state index is -3.62. The van der Waals surface area contributed by atoms with Gasteiger partial charge in [-0.25, -0.2) is 4.79 Å². The Bertz CT molecular complexity index is 751. The monoisotopic (exact) mass is 323 g/mol. The van der Waals surface area contributed by atoms with Crippen LogP contribution in [0.25, 0.3) is 0 Å². The average molecular weight is 323 g/mol. The van der Waals surface area contributed by atoms with Crippen LogP contribution in [0.3, 0.4) is 0 Å². The molecule has 1 fully saturated rings. The van der Waals surface area contributed by atoms with E-state index in [2.05, 4.69) is 4.98 Å². The van der Waals surface area contributed by atoms with E-state index in [0.717, 1.165) is 11.8 Å². The molecule has 3 rings (SSSR count). The minimum Gasteiger partial charge on any atom is -0.384 e. The molecule has 6 nitrogen and oxygen atoms in total. The fourth-order valence-electron chi connectivity index (χ4n) is 2.59. The molecule has 1 aromatic heterocycles. The van der Waals surface area contributed by atoms with Crippen LogP contribution < -0.4 is 11.4 Å². The van der Waals surface area contributed by atoms with Gasteiger partial charge in [0.15, 0.2) is 0 Å². The second-order valence-electron chi connectivity index (χ2n) is 5.38. The molecule has 2 aromatic rings. The van der Waals surface area contributed by atoms with E-state index in [-0.39, 0.29) is 12.2 Å². The fourth-order valence-corrected chi connectivity index (χ4v) is 2.59. The molecule has 1 saturated heterocycles. The van der Waals surface area contributed by atoms with Gasteiger partial charge in [-0.15, -0.1) is 0 Å². The maximum Gasteiger partial charge on any atom is 0.351 e. The Morgan fingerprint density at radius 3 is 2.65 bits per heavy atom. The number of nitrogen functional groups attached to an aromatic ring is 1. The largest absolute Gasteiger partial charge is 0.384 e. The van der Waals surface area contributed by atoms with E-state index >= 15 is 0 Å². The lowest BCUT2D eigenvalue weighted by molar-refractivity contribution is -0.140. The molecule has 0 amide bonds. The SMILES string of the molecule is Nc1ccn([C@@H]2O[C@H](Cc3ccccc3)[C@@H](O)C2(F)F)c(=O)n1. The Morgan fingerprint density at radius 2 is 2.00 bits per heavy atom. The van der Waals surface area contributed by atoms with E-state index in [1.54, 1.807) is 30.3 Å². The molecule has 0 saturated carbocycles. The molecule has 0 radical (unpaired) electrons. The summed E-state index contributed by atoms with van der Waals surface area (Å²) >= 11 is 0. The van der Waals surface area contributed by atoms with Crippen LogP contribution in [0.1, 0.15) is 11.8 Å².